The largest absolute Gasteiger partial charge is 0.316 e. The van der Waals surface area contributed by atoms with Crippen LogP contribution in [0, 0.1) is 11.8 Å². The molecule has 34 heavy (non-hydrogen) atoms. The summed E-state index contributed by atoms with van der Waals surface area (Å²) < 4.78 is 4.78. The van der Waals surface area contributed by atoms with Crippen LogP contribution in [0.25, 0.3) is 56.0 Å². The molecule has 0 bridgehead atoms. The van der Waals surface area contributed by atoms with E-state index >= 15 is 0 Å². The summed E-state index contributed by atoms with van der Waals surface area (Å²) in [5, 5.41) is 5.23. The van der Waals surface area contributed by atoms with Crippen molar-refractivity contribution in [1.82, 2.24) is 9.13 Å². The molecular weight excluding hydrogens is 412 g/mol. The van der Waals surface area contributed by atoms with Gasteiger partial charge in [0.05, 0.1) is 22.1 Å². The smallest absolute Gasteiger partial charge is 0.0535 e. The number of rotatable bonds is 2. The zero-order valence-corrected chi connectivity index (χ0v) is 19.4. The normalized spacial score (nSPS) is 20.8. The van der Waals surface area contributed by atoms with Crippen LogP contribution in [0.15, 0.2) is 108 Å². The molecule has 1 aliphatic carbocycles. The number of hydrogen-bond acceptors (Lipinski definition) is 0. The second-order valence-electron chi connectivity index (χ2n) is 9.55. The lowest BCUT2D eigenvalue weighted by molar-refractivity contribution is 0.432. The maximum absolute atomic E-state index is 2.39. The molecule has 1 fully saturated rings. The predicted octanol–water partition coefficient (Wildman–Crippen LogP) is 8.57. The minimum Gasteiger partial charge on any atom is -0.316 e. The maximum atomic E-state index is 2.39. The Morgan fingerprint density at radius 2 is 0.706 bits per heavy atom. The fourth-order valence-electron chi connectivity index (χ4n) is 5.81. The number of para-hydroxylation sites is 4. The van der Waals surface area contributed by atoms with Crippen molar-refractivity contribution in [2.75, 3.05) is 0 Å². The Morgan fingerprint density at radius 1 is 0.441 bits per heavy atom. The van der Waals surface area contributed by atoms with Crippen molar-refractivity contribution in [2.45, 2.75) is 13.8 Å². The highest BCUT2D eigenvalue weighted by molar-refractivity contribution is 6.10. The lowest BCUT2D eigenvalue weighted by Gasteiger charge is -2.38. The van der Waals surface area contributed by atoms with Gasteiger partial charge in [-0.2, -0.15) is 0 Å². The Morgan fingerprint density at radius 3 is 1.00 bits per heavy atom. The minimum absolute atomic E-state index is 0.513. The molecule has 6 aromatic rings. The number of benzene rings is 4. The van der Waals surface area contributed by atoms with Crippen LogP contribution in [0.2, 0.25) is 0 Å². The lowest BCUT2D eigenvalue weighted by Crippen LogP contribution is -2.28. The summed E-state index contributed by atoms with van der Waals surface area (Å²) in [6.07, 6.45) is 4.77. The molecule has 1 saturated carbocycles. The molecule has 164 valence electrons. The Hall–Kier alpha value is -4.04. The third-order valence-electron chi connectivity index (χ3n) is 7.84. The number of nitrogens with zero attached hydrogens (tertiary/aromatic N) is 2. The first-order chi connectivity index (χ1) is 16.7. The van der Waals surface area contributed by atoms with E-state index in [2.05, 4.69) is 132 Å². The predicted molar refractivity (Wildman–Crippen MR) is 146 cm³/mol. The first-order valence-electron chi connectivity index (χ1n) is 12.1. The average molecular weight is 439 g/mol. The molecule has 0 N–H and O–H groups in total. The average Bonchev–Trinajstić information content (AvgIpc) is 3.39. The SMILES string of the molecule is C[C@@H]1C(=C\n2c3ccccc3c3ccccc32)/C(=C/n2c3ccccc3c3ccccc32)[C@H]1C. The van der Waals surface area contributed by atoms with Crippen LogP contribution in [0.1, 0.15) is 13.8 Å². The van der Waals surface area contributed by atoms with E-state index in [-0.39, 0.29) is 0 Å². The van der Waals surface area contributed by atoms with E-state index in [9.17, 15) is 0 Å². The van der Waals surface area contributed by atoms with E-state index in [1.54, 1.807) is 0 Å². The number of aromatic nitrogens is 2. The maximum Gasteiger partial charge on any atom is 0.0535 e. The van der Waals surface area contributed by atoms with Crippen molar-refractivity contribution in [3.63, 3.8) is 0 Å². The quantitative estimate of drug-likeness (QED) is 0.256. The van der Waals surface area contributed by atoms with Gasteiger partial charge in [0.1, 0.15) is 0 Å². The van der Waals surface area contributed by atoms with Crippen LogP contribution < -0.4 is 0 Å². The summed E-state index contributed by atoms with van der Waals surface area (Å²) in [7, 11) is 0. The van der Waals surface area contributed by atoms with Crippen molar-refractivity contribution in [3.8, 4) is 0 Å². The molecule has 1 aliphatic rings. The molecule has 4 aromatic carbocycles. The molecule has 2 nitrogen and oxygen atoms in total. The van der Waals surface area contributed by atoms with E-state index in [0.29, 0.717) is 11.8 Å². The van der Waals surface area contributed by atoms with Crippen LogP contribution in [-0.2, 0) is 0 Å². The Balaban J connectivity index is 1.47. The topological polar surface area (TPSA) is 9.86 Å². The van der Waals surface area contributed by atoms with Gasteiger partial charge < -0.3 is 9.13 Å². The molecule has 2 aromatic heterocycles. The Kier molecular flexibility index (Phi) is 4.13. The van der Waals surface area contributed by atoms with E-state index in [0.717, 1.165) is 0 Å². The monoisotopic (exact) mass is 438 g/mol. The van der Waals surface area contributed by atoms with E-state index in [4.69, 9.17) is 0 Å². The molecule has 2 atom stereocenters. The summed E-state index contributed by atoms with van der Waals surface area (Å²) in [5.74, 6) is 1.03. The summed E-state index contributed by atoms with van der Waals surface area (Å²) >= 11 is 0. The van der Waals surface area contributed by atoms with Crippen LogP contribution in [-0.4, -0.2) is 9.13 Å². The van der Waals surface area contributed by atoms with Crippen LogP contribution in [0.4, 0.5) is 0 Å². The van der Waals surface area contributed by atoms with Gasteiger partial charge in [0.15, 0.2) is 0 Å². The third kappa shape index (κ3) is 2.63. The highest BCUT2D eigenvalue weighted by atomic mass is 15.0. The summed E-state index contributed by atoms with van der Waals surface area (Å²) in [6.45, 7) is 4.71. The van der Waals surface area contributed by atoms with Crippen LogP contribution >= 0.6 is 0 Å². The standard InChI is InChI=1S/C32H26N2/c1-21-22(2)28(20-34-31-17-9-5-13-25(31)26-14-6-10-18-32(26)34)27(21)19-33-29-15-7-3-11-23(29)24-12-4-8-16-30(24)33/h3-22H,1-2H3/b27-19+,28-20+/t21-,22-/m0/s1. The molecule has 2 heteroatoms. The minimum atomic E-state index is 0.513. The van der Waals surface area contributed by atoms with Crippen molar-refractivity contribution < 1.29 is 0 Å². The fraction of sp³-hybridized carbons (Fsp3) is 0.125. The highest BCUT2D eigenvalue weighted by Gasteiger charge is 2.35. The summed E-state index contributed by atoms with van der Waals surface area (Å²) in [5.41, 5.74) is 7.89. The van der Waals surface area contributed by atoms with Gasteiger partial charge in [0, 0.05) is 33.9 Å². The molecule has 0 aliphatic heterocycles. The molecule has 0 amide bonds. The fourth-order valence-corrected chi connectivity index (χ4v) is 5.81. The van der Waals surface area contributed by atoms with Crippen molar-refractivity contribution >= 4 is 56.0 Å². The number of fused-ring (bicyclic) bond motifs is 6. The second kappa shape index (κ2) is 7.23. The highest BCUT2D eigenvalue weighted by Crippen LogP contribution is 2.47. The summed E-state index contributed by atoms with van der Waals surface area (Å²) in [4.78, 5) is 0. The summed E-state index contributed by atoms with van der Waals surface area (Å²) in [6, 6.07) is 34.9. The van der Waals surface area contributed by atoms with E-state index in [1.807, 2.05) is 0 Å². The lowest BCUT2D eigenvalue weighted by atomic mass is 9.67. The third-order valence-corrected chi connectivity index (χ3v) is 7.84. The zero-order valence-electron chi connectivity index (χ0n) is 19.4. The van der Waals surface area contributed by atoms with Gasteiger partial charge in [0.25, 0.3) is 0 Å². The molecular formula is C32H26N2. The first kappa shape index (κ1) is 19.4. The molecule has 0 radical (unpaired) electrons. The number of hydrogen-bond donors (Lipinski definition) is 0. The van der Waals surface area contributed by atoms with Gasteiger partial charge in [-0.1, -0.05) is 86.6 Å². The van der Waals surface area contributed by atoms with Gasteiger partial charge >= 0.3 is 0 Å². The van der Waals surface area contributed by atoms with Gasteiger partial charge in [-0.25, -0.2) is 0 Å². The Labute approximate surface area is 199 Å². The van der Waals surface area contributed by atoms with E-state index in [1.165, 1.54) is 54.8 Å². The number of allylic oxidation sites excluding steroid dienone is 2. The van der Waals surface area contributed by atoms with Crippen LogP contribution in [0.3, 0.4) is 0 Å². The van der Waals surface area contributed by atoms with Gasteiger partial charge in [0.2, 0.25) is 0 Å². The molecule has 7 rings (SSSR count). The molecule has 0 saturated heterocycles. The van der Waals surface area contributed by atoms with Crippen LogP contribution in [0.5, 0.6) is 0 Å². The van der Waals surface area contributed by atoms with Crippen molar-refractivity contribution in [3.05, 3.63) is 108 Å². The first-order valence-corrected chi connectivity index (χ1v) is 12.1. The van der Waals surface area contributed by atoms with Crippen molar-refractivity contribution in [1.29, 1.82) is 0 Å². The second-order valence-corrected chi connectivity index (χ2v) is 9.55. The van der Waals surface area contributed by atoms with Crippen molar-refractivity contribution in [2.24, 2.45) is 11.8 Å². The molecule has 2 heterocycles. The van der Waals surface area contributed by atoms with Gasteiger partial charge in [-0.15, -0.1) is 0 Å². The van der Waals surface area contributed by atoms with Gasteiger partial charge in [-0.05, 0) is 47.2 Å². The molecule has 0 spiro atoms. The molecule has 0 unspecified atom stereocenters. The van der Waals surface area contributed by atoms with E-state index < -0.39 is 0 Å². The Bertz CT molecular complexity index is 1550. The zero-order chi connectivity index (χ0) is 22.8. The van der Waals surface area contributed by atoms with Gasteiger partial charge in [-0.3, -0.25) is 0 Å².